The maximum absolute atomic E-state index is 12.5. The second-order valence-corrected chi connectivity index (χ2v) is 8.28. The molecule has 1 aromatic heterocycles. The monoisotopic (exact) mass is 422 g/mol. The number of fused-ring (bicyclic) bond motifs is 2. The van der Waals surface area contributed by atoms with Crippen LogP contribution in [0.25, 0.3) is 22.1 Å². The highest BCUT2D eigenvalue weighted by molar-refractivity contribution is 7.90. The number of ether oxygens (including phenoxy) is 1. The number of nitrogens with one attached hydrogen (secondary N) is 2. The molecule has 0 bridgehead atoms. The molecule has 3 aromatic carbocycles. The van der Waals surface area contributed by atoms with Crippen molar-refractivity contribution in [2.45, 2.75) is 11.8 Å². The maximum Gasteiger partial charge on any atom is 0.333 e. The number of rotatable bonds is 4. The van der Waals surface area contributed by atoms with Gasteiger partial charge in [0.15, 0.2) is 0 Å². The van der Waals surface area contributed by atoms with Gasteiger partial charge >= 0.3 is 6.03 Å². The fraction of sp³-hybridized carbons (Fsp3) is 0.0952. The zero-order chi connectivity index (χ0) is 21.3. The number of carbonyl (C=O) groups excluding carboxylic acids is 1. The van der Waals surface area contributed by atoms with E-state index in [9.17, 15) is 13.2 Å². The van der Waals surface area contributed by atoms with Gasteiger partial charge in [-0.05, 0) is 43.3 Å². The Morgan fingerprint density at radius 3 is 2.23 bits per heavy atom. The van der Waals surface area contributed by atoms with Gasteiger partial charge in [0, 0.05) is 0 Å². The average Bonchev–Trinajstić information content (AvgIpc) is 2.72. The number of urea groups is 1. The van der Waals surface area contributed by atoms with E-state index in [1.165, 1.54) is 19.2 Å². The van der Waals surface area contributed by atoms with E-state index in [0.717, 1.165) is 5.56 Å². The first-order valence-corrected chi connectivity index (χ1v) is 10.5. The lowest BCUT2D eigenvalue weighted by Gasteiger charge is -2.14. The number of aryl methyl sites for hydroxylation is 1. The summed E-state index contributed by atoms with van der Waals surface area (Å²) >= 11 is 0. The predicted octanol–water partition coefficient (Wildman–Crippen LogP) is 3.61. The molecular weight excluding hydrogens is 404 g/mol. The molecule has 0 aliphatic carbocycles. The van der Waals surface area contributed by atoms with E-state index in [1.54, 1.807) is 30.3 Å². The highest BCUT2D eigenvalue weighted by Crippen LogP contribution is 2.32. The minimum absolute atomic E-state index is 0.0149. The van der Waals surface area contributed by atoms with Crippen LogP contribution in [-0.4, -0.2) is 31.5 Å². The molecule has 1 heterocycles. The second kappa shape index (κ2) is 7.60. The van der Waals surface area contributed by atoms with Gasteiger partial charge in [-0.25, -0.2) is 27.9 Å². The molecule has 152 valence electrons. The number of anilines is 1. The van der Waals surface area contributed by atoms with Crippen LogP contribution in [-0.2, 0) is 10.0 Å². The molecule has 0 radical (unpaired) electrons. The Morgan fingerprint density at radius 2 is 1.57 bits per heavy atom. The summed E-state index contributed by atoms with van der Waals surface area (Å²) in [6.45, 7) is 1.84. The van der Waals surface area contributed by atoms with Crippen LogP contribution in [0, 0.1) is 6.92 Å². The SMILES string of the molecule is COc1ccc2nc3ccccc3nc2c1NC(=O)NS(=O)(=O)c1ccc(C)cc1. The summed E-state index contributed by atoms with van der Waals surface area (Å²) in [6.07, 6.45) is 0. The van der Waals surface area contributed by atoms with Crippen molar-refractivity contribution in [3.05, 3.63) is 66.2 Å². The smallest absolute Gasteiger partial charge is 0.333 e. The quantitative estimate of drug-likeness (QED) is 0.486. The van der Waals surface area contributed by atoms with Crippen molar-refractivity contribution >= 4 is 43.8 Å². The summed E-state index contributed by atoms with van der Waals surface area (Å²) in [7, 11) is -2.60. The Hall–Kier alpha value is -3.72. The van der Waals surface area contributed by atoms with Crippen molar-refractivity contribution in [3.63, 3.8) is 0 Å². The Bertz CT molecular complexity index is 1370. The van der Waals surface area contributed by atoms with Crippen molar-refractivity contribution in [2.75, 3.05) is 12.4 Å². The van der Waals surface area contributed by atoms with Gasteiger partial charge in [-0.2, -0.15) is 0 Å². The number of methoxy groups -OCH3 is 1. The van der Waals surface area contributed by atoms with E-state index in [0.29, 0.717) is 27.8 Å². The highest BCUT2D eigenvalue weighted by atomic mass is 32.2. The van der Waals surface area contributed by atoms with E-state index in [1.807, 2.05) is 29.8 Å². The van der Waals surface area contributed by atoms with Gasteiger partial charge in [-0.1, -0.05) is 29.8 Å². The minimum Gasteiger partial charge on any atom is -0.494 e. The number of para-hydroxylation sites is 2. The molecule has 0 aliphatic heterocycles. The summed E-state index contributed by atoms with van der Waals surface area (Å²) in [5, 5.41) is 2.55. The minimum atomic E-state index is -4.04. The first kappa shape index (κ1) is 19.6. The molecule has 30 heavy (non-hydrogen) atoms. The van der Waals surface area contributed by atoms with Gasteiger partial charge in [-0.3, -0.25) is 0 Å². The summed E-state index contributed by atoms with van der Waals surface area (Å²) in [5.41, 5.74) is 3.39. The number of hydrogen-bond donors (Lipinski definition) is 2. The zero-order valence-corrected chi connectivity index (χ0v) is 17.0. The lowest BCUT2D eigenvalue weighted by Crippen LogP contribution is -2.34. The standard InChI is InChI=1S/C21H18N4O4S/c1-13-7-9-14(10-8-13)30(27,28)25-21(26)24-20-18(29-2)12-11-17-19(20)23-16-6-4-3-5-15(16)22-17/h3-12H,1-2H3,(H2,24,25,26). The number of sulfonamides is 1. The molecule has 0 fully saturated rings. The molecule has 9 heteroatoms. The van der Waals surface area contributed by atoms with Crippen LogP contribution in [0.3, 0.4) is 0 Å². The number of carbonyl (C=O) groups is 1. The molecule has 2 amide bonds. The Balaban J connectivity index is 1.70. The molecule has 4 aromatic rings. The summed E-state index contributed by atoms with van der Waals surface area (Å²) in [4.78, 5) is 21.6. The third kappa shape index (κ3) is 3.74. The van der Waals surface area contributed by atoms with Crippen molar-refractivity contribution in [1.29, 1.82) is 0 Å². The highest BCUT2D eigenvalue weighted by Gasteiger charge is 2.20. The van der Waals surface area contributed by atoms with Crippen LogP contribution in [0.2, 0.25) is 0 Å². The molecule has 2 N–H and O–H groups in total. The van der Waals surface area contributed by atoms with E-state index in [4.69, 9.17) is 4.74 Å². The molecule has 0 saturated heterocycles. The molecule has 0 atom stereocenters. The molecule has 0 unspecified atom stereocenters. The predicted molar refractivity (Wildman–Crippen MR) is 114 cm³/mol. The molecule has 8 nitrogen and oxygen atoms in total. The Labute approximate surface area is 173 Å². The lowest BCUT2D eigenvalue weighted by molar-refractivity contribution is 0.256. The van der Waals surface area contributed by atoms with Gasteiger partial charge in [0.25, 0.3) is 10.0 Å². The number of nitrogens with zero attached hydrogens (tertiary/aromatic N) is 2. The Kier molecular flexibility index (Phi) is 4.96. The summed E-state index contributed by atoms with van der Waals surface area (Å²) < 4.78 is 32.4. The van der Waals surface area contributed by atoms with Gasteiger partial charge in [0.05, 0.1) is 28.6 Å². The van der Waals surface area contributed by atoms with Crippen molar-refractivity contribution < 1.29 is 17.9 Å². The van der Waals surface area contributed by atoms with Crippen molar-refractivity contribution in [2.24, 2.45) is 0 Å². The Morgan fingerprint density at radius 1 is 0.900 bits per heavy atom. The summed E-state index contributed by atoms with van der Waals surface area (Å²) in [5.74, 6) is 0.329. The van der Waals surface area contributed by atoms with Gasteiger partial charge < -0.3 is 10.1 Å². The first-order valence-electron chi connectivity index (χ1n) is 9.01. The van der Waals surface area contributed by atoms with E-state index >= 15 is 0 Å². The molecule has 0 aliphatic rings. The maximum atomic E-state index is 12.5. The second-order valence-electron chi connectivity index (χ2n) is 6.60. The first-order chi connectivity index (χ1) is 14.4. The average molecular weight is 422 g/mol. The number of hydrogen-bond acceptors (Lipinski definition) is 6. The van der Waals surface area contributed by atoms with Gasteiger partial charge in [0.1, 0.15) is 17.0 Å². The molecular formula is C21H18N4O4S. The molecule has 0 spiro atoms. The van der Waals surface area contributed by atoms with Gasteiger partial charge in [-0.15, -0.1) is 0 Å². The van der Waals surface area contributed by atoms with E-state index < -0.39 is 16.1 Å². The number of aromatic nitrogens is 2. The van der Waals surface area contributed by atoms with Crippen LogP contribution < -0.4 is 14.8 Å². The van der Waals surface area contributed by atoms with Crippen LogP contribution in [0.1, 0.15) is 5.56 Å². The number of amides is 2. The van der Waals surface area contributed by atoms with Crippen LogP contribution >= 0.6 is 0 Å². The number of benzene rings is 3. The third-order valence-electron chi connectivity index (χ3n) is 4.49. The third-order valence-corrected chi connectivity index (χ3v) is 5.84. The van der Waals surface area contributed by atoms with E-state index in [2.05, 4.69) is 15.3 Å². The normalized spacial score (nSPS) is 11.4. The summed E-state index contributed by atoms with van der Waals surface area (Å²) in [6, 6.07) is 15.9. The lowest BCUT2D eigenvalue weighted by atomic mass is 10.2. The van der Waals surface area contributed by atoms with Crippen LogP contribution in [0.4, 0.5) is 10.5 Å². The largest absolute Gasteiger partial charge is 0.494 e. The molecule has 0 saturated carbocycles. The topological polar surface area (TPSA) is 110 Å². The molecule has 4 rings (SSSR count). The fourth-order valence-electron chi connectivity index (χ4n) is 3.00. The fourth-order valence-corrected chi connectivity index (χ4v) is 3.90. The zero-order valence-electron chi connectivity index (χ0n) is 16.2. The van der Waals surface area contributed by atoms with Crippen molar-refractivity contribution in [3.8, 4) is 5.75 Å². The van der Waals surface area contributed by atoms with Crippen LogP contribution in [0.5, 0.6) is 5.75 Å². The van der Waals surface area contributed by atoms with E-state index in [-0.39, 0.29) is 10.6 Å². The van der Waals surface area contributed by atoms with Gasteiger partial charge in [0.2, 0.25) is 0 Å². The van der Waals surface area contributed by atoms with Crippen molar-refractivity contribution in [1.82, 2.24) is 14.7 Å². The van der Waals surface area contributed by atoms with Crippen LogP contribution in [0.15, 0.2) is 65.6 Å².